The molecule has 2 saturated heterocycles. The summed E-state index contributed by atoms with van der Waals surface area (Å²) < 4.78 is 10.5. The van der Waals surface area contributed by atoms with Crippen LogP contribution in [-0.4, -0.2) is 41.9 Å². The molecule has 3 heterocycles. The van der Waals surface area contributed by atoms with E-state index in [-0.39, 0.29) is 18.3 Å². The normalized spacial score (nSPS) is 30.1. The van der Waals surface area contributed by atoms with E-state index in [2.05, 4.69) is 32.6 Å². The monoisotopic (exact) mass is 325 g/mol. The molecule has 0 saturated carbocycles. The highest BCUT2D eigenvalue weighted by molar-refractivity contribution is 5.87. The number of likely N-dealkylation sites (tertiary alicyclic amines) is 1. The van der Waals surface area contributed by atoms with Crippen molar-refractivity contribution in [2.24, 2.45) is 0 Å². The van der Waals surface area contributed by atoms with E-state index < -0.39 is 0 Å². The molecule has 4 heteroatoms. The standard InChI is InChI=1S/C8H13NO.C7H10O2.2C2H6/c1-3-8(10)9-6-4-5-7(9)2;1-5-3-2-4-6-7(8-5)9-6;2*1-2/h3,7H,1,4-6H2,2H3;2,4-7H,3H2,1H3;2*1-2H3. The Morgan fingerprint density at radius 3 is 2.39 bits per heavy atom. The van der Waals surface area contributed by atoms with Gasteiger partial charge in [-0.15, -0.1) is 0 Å². The van der Waals surface area contributed by atoms with Gasteiger partial charge in [0.15, 0.2) is 6.29 Å². The van der Waals surface area contributed by atoms with Crippen LogP contribution in [0.5, 0.6) is 0 Å². The molecule has 4 unspecified atom stereocenters. The molecule has 3 aliphatic heterocycles. The fourth-order valence-corrected chi connectivity index (χ4v) is 2.42. The van der Waals surface area contributed by atoms with Gasteiger partial charge in [0.1, 0.15) is 6.10 Å². The second kappa shape index (κ2) is 12.3. The zero-order valence-electron chi connectivity index (χ0n) is 15.7. The van der Waals surface area contributed by atoms with Gasteiger partial charge in [0.05, 0.1) is 6.10 Å². The number of fused-ring (bicyclic) bond motifs is 1. The number of hydrogen-bond donors (Lipinski definition) is 0. The lowest BCUT2D eigenvalue weighted by Crippen LogP contribution is -2.31. The average Bonchev–Trinajstić information content (AvgIpc) is 3.21. The molecule has 2 fully saturated rings. The van der Waals surface area contributed by atoms with E-state index in [1.807, 2.05) is 32.6 Å². The van der Waals surface area contributed by atoms with Gasteiger partial charge < -0.3 is 14.4 Å². The first-order valence-corrected chi connectivity index (χ1v) is 9.02. The summed E-state index contributed by atoms with van der Waals surface area (Å²) in [4.78, 5) is 12.9. The summed E-state index contributed by atoms with van der Waals surface area (Å²) >= 11 is 0. The maximum Gasteiger partial charge on any atom is 0.246 e. The lowest BCUT2D eigenvalue weighted by atomic mass is 10.2. The second-order valence-corrected chi connectivity index (χ2v) is 5.31. The zero-order valence-corrected chi connectivity index (χ0v) is 15.7. The van der Waals surface area contributed by atoms with Crippen molar-refractivity contribution in [1.29, 1.82) is 0 Å². The molecule has 0 bridgehead atoms. The van der Waals surface area contributed by atoms with Gasteiger partial charge in [0.2, 0.25) is 5.91 Å². The minimum absolute atomic E-state index is 0.0741. The molecule has 0 aromatic heterocycles. The minimum atomic E-state index is 0.0741. The van der Waals surface area contributed by atoms with Crippen molar-refractivity contribution in [2.75, 3.05) is 6.54 Å². The van der Waals surface area contributed by atoms with Crippen LogP contribution in [0.1, 0.15) is 60.8 Å². The van der Waals surface area contributed by atoms with Crippen molar-refractivity contribution in [1.82, 2.24) is 4.90 Å². The van der Waals surface area contributed by atoms with Crippen molar-refractivity contribution in [2.45, 2.75) is 85.3 Å². The zero-order chi connectivity index (χ0) is 17.8. The first-order chi connectivity index (χ1) is 11.1. The van der Waals surface area contributed by atoms with Crippen LogP contribution in [0.2, 0.25) is 0 Å². The van der Waals surface area contributed by atoms with Crippen LogP contribution >= 0.6 is 0 Å². The highest BCUT2D eigenvalue weighted by Crippen LogP contribution is 2.29. The summed E-state index contributed by atoms with van der Waals surface area (Å²) in [6.07, 6.45) is 9.59. The SMILES string of the molecule is C=CC(=O)N1CCCC1C.CC.CC.CC1CC=CC2OC2O1. The van der Waals surface area contributed by atoms with Crippen LogP contribution in [0.4, 0.5) is 0 Å². The second-order valence-electron chi connectivity index (χ2n) is 5.31. The number of rotatable bonds is 1. The number of epoxide rings is 1. The number of ether oxygens (including phenoxy) is 2. The highest BCUT2D eigenvalue weighted by atomic mass is 16.8. The smallest absolute Gasteiger partial charge is 0.246 e. The molecule has 0 radical (unpaired) electrons. The molecule has 0 N–H and O–H groups in total. The summed E-state index contributed by atoms with van der Waals surface area (Å²) in [5.41, 5.74) is 0. The van der Waals surface area contributed by atoms with Gasteiger partial charge in [-0.1, -0.05) is 46.4 Å². The van der Waals surface area contributed by atoms with E-state index in [9.17, 15) is 4.79 Å². The Hall–Kier alpha value is -1.13. The molecule has 0 aromatic carbocycles. The van der Waals surface area contributed by atoms with E-state index in [0.29, 0.717) is 12.1 Å². The fourth-order valence-electron chi connectivity index (χ4n) is 2.42. The van der Waals surface area contributed by atoms with Gasteiger partial charge in [0, 0.05) is 12.6 Å². The van der Waals surface area contributed by atoms with Crippen molar-refractivity contribution in [3.63, 3.8) is 0 Å². The van der Waals surface area contributed by atoms with Gasteiger partial charge in [0.25, 0.3) is 0 Å². The van der Waals surface area contributed by atoms with Crippen LogP contribution in [0, 0.1) is 0 Å². The quantitative estimate of drug-likeness (QED) is 0.410. The van der Waals surface area contributed by atoms with Crippen molar-refractivity contribution in [3.05, 3.63) is 24.8 Å². The maximum absolute atomic E-state index is 11.0. The summed E-state index contributed by atoms with van der Waals surface area (Å²) in [7, 11) is 0. The predicted octanol–water partition coefficient (Wildman–Crippen LogP) is 4.31. The molecule has 134 valence electrons. The average molecular weight is 325 g/mol. The third kappa shape index (κ3) is 7.80. The number of carbonyl (C=O) groups is 1. The Morgan fingerprint density at radius 1 is 1.22 bits per heavy atom. The molecule has 3 rings (SSSR count). The minimum Gasteiger partial charge on any atom is -0.346 e. The number of carbonyl (C=O) groups excluding carboxylic acids is 1. The summed E-state index contributed by atoms with van der Waals surface area (Å²) in [6, 6.07) is 0.422. The van der Waals surface area contributed by atoms with Crippen LogP contribution in [0.25, 0.3) is 0 Å². The number of nitrogens with zero attached hydrogens (tertiary/aromatic N) is 1. The Labute approximate surface area is 142 Å². The first kappa shape index (κ1) is 21.9. The summed E-state index contributed by atoms with van der Waals surface area (Å²) in [5.74, 6) is 0.0741. The lowest BCUT2D eigenvalue weighted by molar-refractivity contribution is -0.126. The predicted molar refractivity (Wildman–Crippen MR) is 96.3 cm³/mol. The van der Waals surface area contributed by atoms with E-state index in [1.165, 1.54) is 6.08 Å². The van der Waals surface area contributed by atoms with Gasteiger partial charge in [-0.2, -0.15) is 0 Å². The van der Waals surface area contributed by atoms with Crippen LogP contribution in [-0.2, 0) is 14.3 Å². The van der Waals surface area contributed by atoms with Crippen molar-refractivity contribution >= 4 is 5.91 Å². The van der Waals surface area contributed by atoms with Gasteiger partial charge >= 0.3 is 0 Å². The van der Waals surface area contributed by atoms with Crippen LogP contribution in [0.3, 0.4) is 0 Å². The molecule has 3 aliphatic rings. The summed E-state index contributed by atoms with van der Waals surface area (Å²) in [6.45, 7) is 16.5. The Bertz CT molecular complexity index is 368. The fraction of sp³-hybridized carbons (Fsp3) is 0.737. The first-order valence-electron chi connectivity index (χ1n) is 9.02. The molecule has 0 aliphatic carbocycles. The van der Waals surface area contributed by atoms with E-state index >= 15 is 0 Å². The van der Waals surface area contributed by atoms with E-state index in [1.54, 1.807) is 0 Å². The molecule has 4 nitrogen and oxygen atoms in total. The number of hydrogen-bond acceptors (Lipinski definition) is 3. The molecule has 0 aromatic rings. The highest BCUT2D eigenvalue weighted by Gasteiger charge is 2.40. The largest absolute Gasteiger partial charge is 0.346 e. The van der Waals surface area contributed by atoms with Crippen molar-refractivity contribution in [3.8, 4) is 0 Å². The van der Waals surface area contributed by atoms with E-state index in [4.69, 9.17) is 9.47 Å². The third-order valence-corrected chi connectivity index (χ3v) is 3.65. The molecule has 4 atom stereocenters. The van der Waals surface area contributed by atoms with Gasteiger partial charge in [-0.3, -0.25) is 4.79 Å². The Kier molecular flexibility index (Phi) is 11.7. The molecule has 1 amide bonds. The van der Waals surface area contributed by atoms with Crippen LogP contribution in [0.15, 0.2) is 24.8 Å². The Morgan fingerprint density at radius 2 is 1.87 bits per heavy atom. The molecular formula is C19H35NO3. The molecular weight excluding hydrogens is 290 g/mol. The Balaban J connectivity index is 0.000000347. The maximum atomic E-state index is 11.0. The number of amides is 1. The van der Waals surface area contributed by atoms with E-state index in [0.717, 1.165) is 25.8 Å². The lowest BCUT2D eigenvalue weighted by Gasteiger charge is -2.18. The van der Waals surface area contributed by atoms with Gasteiger partial charge in [-0.05, 0) is 39.2 Å². The van der Waals surface area contributed by atoms with Crippen LogP contribution < -0.4 is 0 Å². The molecule has 23 heavy (non-hydrogen) atoms. The van der Waals surface area contributed by atoms with Crippen molar-refractivity contribution < 1.29 is 14.3 Å². The molecule has 0 spiro atoms. The van der Waals surface area contributed by atoms with Gasteiger partial charge in [-0.25, -0.2) is 0 Å². The third-order valence-electron chi connectivity index (χ3n) is 3.65. The summed E-state index contributed by atoms with van der Waals surface area (Å²) in [5, 5.41) is 0. The topological polar surface area (TPSA) is 42.1 Å².